The fraction of sp³-hybridized carbons (Fsp3) is 0.0909. The number of hydrazine groups is 1. The lowest BCUT2D eigenvalue weighted by molar-refractivity contribution is -0.145. The molecule has 0 atom stereocenters. The summed E-state index contributed by atoms with van der Waals surface area (Å²) in [6, 6.07) is 8.48. The Morgan fingerprint density at radius 1 is 1.20 bits per heavy atom. The van der Waals surface area contributed by atoms with Gasteiger partial charge in [0.15, 0.2) is 0 Å². The fourth-order valence-electron chi connectivity index (χ4n) is 1.32. The van der Waals surface area contributed by atoms with Crippen LogP contribution in [-0.2, 0) is 6.18 Å². The normalized spacial score (nSPS) is 11.4. The Balaban J connectivity index is 2.39. The van der Waals surface area contributed by atoms with E-state index in [1.807, 2.05) is 6.07 Å². The van der Waals surface area contributed by atoms with E-state index in [-0.39, 0.29) is 10.8 Å². The summed E-state index contributed by atoms with van der Waals surface area (Å²) in [5.41, 5.74) is 2.10. The summed E-state index contributed by atoms with van der Waals surface area (Å²) < 4.78 is 38.8. The van der Waals surface area contributed by atoms with Crippen LogP contribution in [0.3, 0.4) is 0 Å². The van der Waals surface area contributed by atoms with E-state index in [2.05, 4.69) is 31.3 Å². The van der Waals surface area contributed by atoms with Gasteiger partial charge in [-0.25, -0.2) is 15.8 Å². The predicted octanol–water partition coefficient (Wildman–Crippen LogP) is 3.69. The molecule has 0 bridgehead atoms. The number of aromatic nitrogens is 2. The van der Waals surface area contributed by atoms with Crippen molar-refractivity contribution >= 4 is 33.5 Å². The van der Waals surface area contributed by atoms with Crippen LogP contribution in [0, 0.1) is 0 Å². The average molecular weight is 365 g/mol. The van der Waals surface area contributed by atoms with Crippen molar-refractivity contribution in [1.29, 1.82) is 0 Å². The summed E-state index contributed by atoms with van der Waals surface area (Å²) in [4.78, 5) is 7.53. The van der Waals surface area contributed by atoms with E-state index < -0.39 is 12.0 Å². The molecule has 1 heterocycles. The molecule has 2 rings (SSSR count). The fourth-order valence-corrected chi connectivity index (χ4v) is 2.69. The maximum atomic E-state index is 12.7. The zero-order valence-corrected chi connectivity index (χ0v) is 12.2. The van der Waals surface area contributed by atoms with Gasteiger partial charge in [-0.05, 0) is 28.1 Å². The topological polar surface area (TPSA) is 63.8 Å². The maximum Gasteiger partial charge on any atom is 0.451 e. The van der Waals surface area contributed by atoms with E-state index >= 15 is 0 Å². The lowest BCUT2D eigenvalue weighted by atomic mass is 10.4. The molecular weight excluding hydrogens is 357 g/mol. The molecule has 2 aromatic rings. The van der Waals surface area contributed by atoms with Crippen molar-refractivity contribution in [2.45, 2.75) is 16.1 Å². The van der Waals surface area contributed by atoms with Crippen molar-refractivity contribution in [1.82, 2.24) is 9.97 Å². The molecule has 0 unspecified atom stereocenters. The van der Waals surface area contributed by atoms with Gasteiger partial charge in [-0.2, -0.15) is 13.2 Å². The predicted molar refractivity (Wildman–Crippen MR) is 73.1 cm³/mol. The van der Waals surface area contributed by atoms with E-state index in [1.165, 1.54) is 6.07 Å². The van der Waals surface area contributed by atoms with Crippen molar-refractivity contribution in [3.05, 3.63) is 40.6 Å². The molecule has 0 amide bonds. The number of halogens is 4. The second kappa shape index (κ2) is 5.98. The molecule has 106 valence electrons. The molecule has 0 aliphatic carbocycles. The minimum absolute atomic E-state index is 0.0955. The molecule has 3 N–H and O–H groups in total. The highest BCUT2D eigenvalue weighted by Gasteiger charge is 2.35. The number of nitrogens with zero attached hydrogens (tertiary/aromatic N) is 2. The molecular formula is C11H8BrF3N4S. The number of nitrogens with two attached hydrogens (primary N) is 1. The largest absolute Gasteiger partial charge is 0.451 e. The van der Waals surface area contributed by atoms with E-state index in [9.17, 15) is 13.2 Å². The highest BCUT2D eigenvalue weighted by Crippen LogP contribution is 2.35. The summed E-state index contributed by atoms with van der Waals surface area (Å²) in [7, 11) is 0. The number of benzene rings is 1. The Kier molecular flexibility index (Phi) is 4.51. The highest BCUT2D eigenvalue weighted by molar-refractivity contribution is 9.10. The van der Waals surface area contributed by atoms with Crippen molar-refractivity contribution in [2.24, 2.45) is 5.84 Å². The van der Waals surface area contributed by atoms with Gasteiger partial charge in [0, 0.05) is 15.4 Å². The van der Waals surface area contributed by atoms with E-state index in [0.29, 0.717) is 0 Å². The zero-order chi connectivity index (χ0) is 14.8. The number of hydrogen-bond acceptors (Lipinski definition) is 5. The third kappa shape index (κ3) is 3.62. The van der Waals surface area contributed by atoms with Crippen molar-refractivity contribution in [3.63, 3.8) is 0 Å². The highest BCUT2D eigenvalue weighted by atomic mass is 79.9. The first kappa shape index (κ1) is 15.1. The van der Waals surface area contributed by atoms with Crippen LogP contribution >= 0.6 is 27.7 Å². The van der Waals surface area contributed by atoms with Gasteiger partial charge in [-0.1, -0.05) is 23.9 Å². The average Bonchev–Trinajstić information content (AvgIpc) is 2.40. The molecule has 0 saturated carbocycles. The minimum Gasteiger partial charge on any atom is -0.308 e. The third-order valence-corrected chi connectivity index (χ3v) is 4.10. The molecule has 9 heteroatoms. The number of hydrogen-bond donors (Lipinski definition) is 2. The number of nitrogens with one attached hydrogen (secondary N) is 1. The lowest BCUT2D eigenvalue weighted by Crippen LogP contribution is -2.16. The maximum absolute atomic E-state index is 12.7. The Morgan fingerprint density at radius 2 is 1.90 bits per heavy atom. The van der Waals surface area contributed by atoms with Crippen LogP contribution < -0.4 is 11.3 Å². The van der Waals surface area contributed by atoms with Crippen LogP contribution in [0.1, 0.15) is 5.82 Å². The van der Waals surface area contributed by atoms with Crippen molar-refractivity contribution in [2.75, 3.05) is 5.43 Å². The molecule has 0 aliphatic heterocycles. The van der Waals surface area contributed by atoms with Crippen LogP contribution in [-0.4, -0.2) is 9.97 Å². The molecule has 0 radical (unpaired) electrons. The number of alkyl halides is 3. The first-order valence-corrected chi connectivity index (χ1v) is 6.86. The summed E-state index contributed by atoms with van der Waals surface area (Å²) in [5.74, 6) is 3.80. The lowest BCUT2D eigenvalue weighted by Gasteiger charge is -2.10. The summed E-state index contributed by atoms with van der Waals surface area (Å²) in [6.07, 6.45) is -4.63. The van der Waals surface area contributed by atoms with Crippen LogP contribution in [0.4, 0.5) is 19.0 Å². The molecule has 0 aliphatic rings. The van der Waals surface area contributed by atoms with Gasteiger partial charge < -0.3 is 5.43 Å². The van der Waals surface area contributed by atoms with Gasteiger partial charge in [0.05, 0.1) is 0 Å². The van der Waals surface area contributed by atoms with E-state index in [0.717, 1.165) is 21.1 Å². The summed E-state index contributed by atoms with van der Waals surface area (Å²) in [5, 5.41) is 0.146. The molecule has 1 aromatic heterocycles. The van der Waals surface area contributed by atoms with Gasteiger partial charge >= 0.3 is 6.18 Å². The Labute approximate surface area is 125 Å². The first-order valence-electron chi connectivity index (χ1n) is 5.25. The van der Waals surface area contributed by atoms with E-state index in [4.69, 9.17) is 5.84 Å². The monoisotopic (exact) mass is 364 g/mol. The SMILES string of the molecule is NNc1cc(Sc2ccccc2Br)nc(C(F)(F)F)n1. The molecule has 0 fully saturated rings. The number of nitrogen functional groups attached to an aromatic ring is 1. The number of rotatable bonds is 3. The van der Waals surface area contributed by atoms with Gasteiger partial charge in [0.1, 0.15) is 10.8 Å². The molecule has 20 heavy (non-hydrogen) atoms. The van der Waals surface area contributed by atoms with Gasteiger partial charge in [-0.3, -0.25) is 0 Å². The third-order valence-electron chi connectivity index (χ3n) is 2.16. The zero-order valence-electron chi connectivity index (χ0n) is 9.78. The van der Waals surface area contributed by atoms with E-state index in [1.54, 1.807) is 18.2 Å². The van der Waals surface area contributed by atoms with Crippen LogP contribution in [0.15, 0.2) is 44.7 Å². The molecule has 0 saturated heterocycles. The molecule has 4 nitrogen and oxygen atoms in total. The Morgan fingerprint density at radius 3 is 2.50 bits per heavy atom. The molecule has 1 aromatic carbocycles. The minimum atomic E-state index is -4.63. The first-order chi connectivity index (χ1) is 9.40. The number of anilines is 1. The second-order valence-corrected chi connectivity index (χ2v) is 5.51. The Bertz CT molecular complexity index is 621. The van der Waals surface area contributed by atoms with Gasteiger partial charge in [0.2, 0.25) is 5.82 Å². The van der Waals surface area contributed by atoms with Crippen molar-refractivity contribution in [3.8, 4) is 0 Å². The van der Waals surface area contributed by atoms with Gasteiger partial charge in [0.25, 0.3) is 0 Å². The summed E-state index contributed by atoms with van der Waals surface area (Å²) >= 11 is 4.40. The second-order valence-electron chi connectivity index (χ2n) is 3.59. The van der Waals surface area contributed by atoms with Crippen molar-refractivity contribution < 1.29 is 13.2 Å². The summed E-state index contributed by atoms with van der Waals surface area (Å²) in [6.45, 7) is 0. The van der Waals surface area contributed by atoms with Gasteiger partial charge in [-0.15, -0.1) is 0 Å². The van der Waals surface area contributed by atoms with Crippen LogP contribution in [0.25, 0.3) is 0 Å². The quantitative estimate of drug-likeness (QED) is 0.494. The van der Waals surface area contributed by atoms with Crippen LogP contribution in [0.2, 0.25) is 0 Å². The molecule has 0 spiro atoms. The van der Waals surface area contributed by atoms with Crippen LogP contribution in [0.5, 0.6) is 0 Å². The Hall–Kier alpha value is -1.32. The smallest absolute Gasteiger partial charge is 0.308 e. The standard InChI is InChI=1S/C11H8BrF3N4S/c12-6-3-1-2-4-7(6)20-9-5-8(19-16)17-10(18-9)11(13,14)15/h1-5H,16H2,(H,17,18,19).